The minimum Gasteiger partial charge on any atom is -0.381 e. The van der Waals surface area contributed by atoms with Gasteiger partial charge in [0.2, 0.25) is 0 Å². The van der Waals surface area contributed by atoms with Gasteiger partial charge in [-0.15, -0.1) is 0 Å². The van der Waals surface area contributed by atoms with E-state index in [0.29, 0.717) is 30.8 Å². The molecule has 0 aromatic carbocycles. The van der Waals surface area contributed by atoms with Crippen molar-refractivity contribution >= 4 is 11.6 Å². The molecule has 0 spiro atoms. The van der Waals surface area contributed by atoms with Crippen molar-refractivity contribution in [2.45, 2.75) is 13.8 Å². The first-order valence-electron chi connectivity index (χ1n) is 6.42. The highest BCUT2D eigenvalue weighted by Crippen LogP contribution is 2.25. The summed E-state index contributed by atoms with van der Waals surface area (Å²) in [5.41, 5.74) is 0. The van der Waals surface area contributed by atoms with Crippen molar-refractivity contribution in [1.29, 1.82) is 0 Å². The Morgan fingerprint density at radius 2 is 2.11 bits per heavy atom. The topological polar surface area (TPSA) is 58.9 Å². The molecule has 0 aromatic rings. The highest BCUT2D eigenvalue weighted by molar-refractivity contribution is 6.28. The molecule has 0 aliphatic carbocycles. The smallest absolute Gasteiger partial charge is 0.377 e. The summed E-state index contributed by atoms with van der Waals surface area (Å²) in [5, 5.41) is 10.6. The fourth-order valence-corrected chi connectivity index (χ4v) is 2.55. The number of hydrogen-bond acceptors (Lipinski definition) is 5. The molecule has 0 saturated carbocycles. The van der Waals surface area contributed by atoms with E-state index in [0.717, 1.165) is 13.2 Å². The molecule has 1 fully saturated rings. The quantitative estimate of drug-likeness (QED) is 0.424. The average molecular weight is 292 g/mol. The molecule has 1 aliphatic rings. The summed E-state index contributed by atoms with van der Waals surface area (Å²) < 4.78 is 5.44. The molecule has 110 valence electrons. The van der Waals surface area contributed by atoms with E-state index in [-0.39, 0.29) is 5.16 Å². The Bertz CT molecular complexity index is 360. The Hall–Kier alpha value is -1.01. The number of ether oxygens (including phenoxy) is 1. The lowest BCUT2D eigenvalue weighted by molar-refractivity contribution is -0.415. The molecule has 2 unspecified atom stereocenters. The van der Waals surface area contributed by atoms with Gasteiger partial charge in [0.15, 0.2) is 5.82 Å². The van der Waals surface area contributed by atoms with Crippen molar-refractivity contribution in [3.8, 4) is 0 Å². The summed E-state index contributed by atoms with van der Waals surface area (Å²) in [6, 6.07) is 0. The fourth-order valence-electron chi connectivity index (χ4n) is 2.27. The first-order chi connectivity index (χ1) is 8.88. The third-order valence-electron chi connectivity index (χ3n) is 3.42. The summed E-state index contributed by atoms with van der Waals surface area (Å²) in [6.07, 6.45) is 0. The number of hydrogen-bond donors (Lipinski definition) is 0. The van der Waals surface area contributed by atoms with Crippen LogP contribution in [0.15, 0.2) is 11.0 Å². The molecule has 1 aliphatic heterocycles. The maximum Gasteiger partial charge on any atom is 0.377 e. The van der Waals surface area contributed by atoms with E-state index >= 15 is 0 Å². The van der Waals surface area contributed by atoms with Gasteiger partial charge in [-0.1, -0.05) is 6.92 Å². The van der Waals surface area contributed by atoms with E-state index in [2.05, 4.69) is 6.92 Å². The third-order valence-corrected chi connectivity index (χ3v) is 3.73. The largest absolute Gasteiger partial charge is 0.381 e. The number of nitrogens with zero attached hydrogens (tertiary/aromatic N) is 3. The highest BCUT2D eigenvalue weighted by Gasteiger charge is 2.30. The zero-order valence-electron chi connectivity index (χ0n) is 11.9. The second-order valence-corrected chi connectivity index (χ2v) is 5.44. The predicted molar refractivity (Wildman–Crippen MR) is 74.3 cm³/mol. The van der Waals surface area contributed by atoms with Crippen LogP contribution in [0, 0.1) is 22.0 Å². The standard InChI is InChI=1S/C12H22ClN3O3/c1-5-15(6-10-8-19-7-9(10)2)12(14(3)4)11(13)16(17)18/h9-10H,5-8H2,1-4H3. The van der Waals surface area contributed by atoms with Crippen LogP contribution >= 0.6 is 11.6 Å². The molecule has 0 radical (unpaired) electrons. The highest BCUT2D eigenvalue weighted by atomic mass is 35.5. The van der Waals surface area contributed by atoms with E-state index in [9.17, 15) is 10.1 Å². The van der Waals surface area contributed by atoms with Crippen LogP contribution in [0.2, 0.25) is 0 Å². The van der Waals surface area contributed by atoms with Gasteiger partial charge in [0.1, 0.15) is 0 Å². The molecule has 19 heavy (non-hydrogen) atoms. The SMILES string of the molecule is CCN(CC1COCC1C)C(=C(Cl)[N+](=O)[O-])N(C)C. The number of nitro groups is 1. The fraction of sp³-hybridized carbons (Fsp3) is 0.833. The molecule has 1 heterocycles. The molecule has 6 nitrogen and oxygen atoms in total. The second-order valence-electron chi connectivity index (χ2n) is 5.08. The van der Waals surface area contributed by atoms with Crippen LogP contribution in [-0.2, 0) is 4.74 Å². The predicted octanol–water partition coefficient (Wildman–Crippen LogP) is 1.79. The van der Waals surface area contributed by atoms with E-state index in [4.69, 9.17) is 16.3 Å². The minimum absolute atomic E-state index is 0.335. The lowest BCUT2D eigenvalue weighted by Crippen LogP contribution is -2.37. The third kappa shape index (κ3) is 3.98. The lowest BCUT2D eigenvalue weighted by atomic mass is 9.97. The van der Waals surface area contributed by atoms with Gasteiger partial charge in [0.25, 0.3) is 0 Å². The van der Waals surface area contributed by atoms with Crippen LogP contribution in [0.1, 0.15) is 13.8 Å². The first kappa shape index (κ1) is 16.0. The van der Waals surface area contributed by atoms with Crippen molar-refractivity contribution in [2.24, 2.45) is 11.8 Å². The monoisotopic (exact) mass is 291 g/mol. The van der Waals surface area contributed by atoms with Crippen molar-refractivity contribution in [2.75, 3.05) is 40.4 Å². The maximum absolute atomic E-state index is 10.9. The van der Waals surface area contributed by atoms with Gasteiger partial charge in [-0.05, 0) is 24.4 Å². The summed E-state index contributed by atoms with van der Waals surface area (Å²) in [7, 11) is 3.52. The Balaban J connectivity index is 2.91. The molecule has 0 aromatic heterocycles. The van der Waals surface area contributed by atoms with E-state index in [1.165, 1.54) is 0 Å². The summed E-state index contributed by atoms with van der Waals surface area (Å²) in [5.74, 6) is 1.30. The Labute approximate surface area is 119 Å². The van der Waals surface area contributed by atoms with Crippen LogP contribution < -0.4 is 0 Å². The van der Waals surface area contributed by atoms with Crippen LogP contribution in [0.25, 0.3) is 0 Å². The Morgan fingerprint density at radius 1 is 1.47 bits per heavy atom. The molecule has 0 amide bonds. The van der Waals surface area contributed by atoms with E-state index in [1.807, 2.05) is 11.8 Å². The van der Waals surface area contributed by atoms with Gasteiger partial charge >= 0.3 is 5.16 Å². The lowest BCUT2D eigenvalue weighted by Gasteiger charge is -2.32. The molecule has 1 saturated heterocycles. The minimum atomic E-state index is -0.547. The van der Waals surface area contributed by atoms with Crippen LogP contribution in [0.5, 0.6) is 0 Å². The van der Waals surface area contributed by atoms with Gasteiger partial charge in [-0.25, -0.2) is 0 Å². The van der Waals surface area contributed by atoms with E-state index in [1.54, 1.807) is 19.0 Å². The molecular weight excluding hydrogens is 270 g/mol. The summed E-state index contributed by atoms with van der Waals surface area (Å²) in [6.45, 7) is 6.95. The zero-order chi connectivity index (χ0) is 14.6. The maximum atomic E-state index is 10.9. The van der Waals surface area contributed by atoms with E-state index < -0.39 is 4.92 Å². The zero-order valence-corrected chi connectivity index (χ0v) is 12.7. The van der Waals surface area contributed by atoms with Crippen LogP contribution in [0.4, 0.5) is 0 Å². The molecular formula is C12H22ClN3O3. The summed E-state index contributed by atoms with van der Waals surface area (Å²) in [4.78, 5) is 14.0. The molecule has 0 bridgehead atoms. The van der Waals surface area contributed by atoms with Gasteiger partial charge in [0, 0.05) is 39.7 Å². The van der Waals surface area contributed by atoms with Gasteiger partial charge in [-0.3, -0.25) is 10.1 Å². The number of rotatable bonds is 6. The van der Waals surface area contributed by atoms with Crippen molar-refractivity contribution in [3.63, 3.8) is 0 Å². The van der Waals surface area contributed by atoms with Gasteiger partial charge in [0.05, 0.1) is 11.5 Å². The summed E-state index contributed by atoms with van der Waals surface area (Å²) >= 11 is 5.84. The normalized spacial score (nSPS) is 24.1. The Morgan fingerprint density at radius 3 is 2.47 bits per heavy atom. The first-order valence-corrected chi connectivity index (χ1v) is 6.80. The molecule has 1 rings (SSSR count). The van der Waals surface area contributed by atoms with Crippen molar-refractivity contribution in [1.82, 2.24) is 9.80 Å². The van der Waals surface area contributed by atoms with Crippen molar-refractivity contribution in [3.05, 3.63) is 21.1 Å². The molecule has 2 atom stereocenters. The van der Waals surface area contributed by atoms with Gasteiger partial charge < -0.3 is 14.5 Å². The number of halogens is 1. The van der Waals surface area contributed by atoms with Crippen LogP contribution in [0.3, 0.4) is 0 Å². The Kier molecular flexibility index (Phi) is 5.87. The van der Waals surface area contributed by atoms with Crippen molar-refractivity contribution < 1.29 is 9.66 Å². The molecule has 7 heteroatoms. The van der Waals surface area contributed by atoms with Gasteiger partial charge in [-0.2, -0.15) is 0 Å². The molecule has 0 N–H and O–H groups in total. The second kappa shape index (κ2) is 6.96. The average Bonchev–Trinajstić information content (AvgIpc) is 2.73. The van der Waals surface area contributed by atoms with Crippen LogP contribution in [-0.4, -0.2) is 55.1 Å².